The van der Waals surface area contributed by atoms with Gasteiger partial charge in [-0.3, -0.25) is 9.80 Å². The number of hydrogen-bond acceptors (Lipinski definition) is 3. The Hall–Kier alpha value is -1.46. The highest BCUT2D eigenvalue weighted by Crippen LogP contribution is 2.21. The fraction of sp³-hybridized carbons (Fsp3) is 0.533. The van der Waals surface area contributed by atoms with Crippen LogP contribution in [0.4, 0.5) is 4.39 Å². The van der Waals surface area contributed by atoms with E-state index in [9.17, 15) is 9.18 Å². The number of hydrogen-bond donors (Lipinski definition) is 1. The van der Waals surface area contributed by atoms with Gasteiger partial charge >= 0.3 is 5.97 Å². The van der Waals surface area contributed by atoms with Crippen LogP contribution in [0.1, 0.15) is 29.8 Å². The lowest BCUT2D eigenvalue weighted by Crippen LogP contribution is -2.57. The van der Waals surface area contributed by atoms with Gasteiger partial charge < -0.3 is 5.11 Å². The highest BCUT2D eigenvalue weighted by molar-refractivity contribution is 5.88. The van der Waals surface area contributed by atoms with Crippen LogP contribution in [0.3, 0.4) is 0 Å². The number of aromatic carboxylic acids is 1. The zero-order chi connectivity index (χ0) is 14.9. The van der Waals surface area contributed by atoms with Crippen LogP contribution in [0.2, 0.25) is 0 Å². The van der Waals surface area contributed by atoms with Gasteiger partial charge in [-0.1, -0.05) is 6.07 Å². The summed E-state index contributed by atoms with van der Waals surface area (Å²) in [5.74, 6) is -1.90. The molecule has 0 atom stereocenters. The van der Waals surface area contributed by atoms with Gasteiger partial charge in [0.1, 0.15) is 5.82 Å². The molecule has 1 N–H and O–H groups in total. The number of halogens is 1. The maximum absolute atomic E-state index is 13.4. The number of benzene rings is 1. The van der Waals surface area contributed by atoms with Crippen molar-refractivity contribution in [3.8, 4) is 0 Å². The number of rotatable bonds is 3. The molecule has 4 nitrogen and oxygen atoms in total. The van der Waals surface area contributed by atoms with Crippen LogP contribution in [0.25, 0.3) is 0 Å². The normalized spacial score (nSPS) is 20.0. The highest BCUT2D eigenvalue weighted by atomic mass is 19.1. The minimum absolute atomic E-state index is 0.0912. The quantitative estimate of drug-likeness (QED) is 0.920. The van der Waals surface area contributed by atoms with Gasteiger partial charge in [-0.2, -0.15) is 0 Å². The number of carboxylic acids is 1. The standard InChI is InChI=1S/C15H21FN2O2/c1-15(2)10-18(7-6-17(15)3)9-11-4-5-13(16)12(8-11)14(19)20/h4-5,8H,6-7,9-10H2,1-3H3,(H,19,20). The summed E-state index contributed by atoms with van der Waals surface area (Å²) in [7, 11) is 2.11. The molecule has 1 aromatic rings. The first-order valence-corrected chi connectivity index (χ1v) is 6.75. The minimum Gasteiger partial charge on any atom is -0.478 e. The Morgan fingerprint density at radius 3 is 2.70 bits per heavy atom. The Kier molecular flexibility index (Phi) is 4.11. The van der Waals surface area contributed by atoms with Crippen LogP contribution in [-0.4, -0.2) is 53.1 Å². The molecule has 1 aliphatic heterocycles. The van der Waals surface area contributed by atoms with Crippen molar-refractivity contribution < 1.29 is 14.3 Å². The largest absolute Gasteiger partial charge is 0.478 e. The molecule has 110 valence electrons. The summed E-state index contributed by atoms with van der Waals surface area (Å²) in [6.07, 6.45) is 0. The third kappa shape index (κ3) is 3.16. The molecule has 0 aliphatic carbocycles. The van der Waals surface area contributed by atoms with E-state index in [-0.39, 0.29) is 11.1 Å². The van der Waals surface area contributed by atoms with E-state index in [1.54, 1.807) is 6.07 Å². The van der Waals surface area contributed by atoms with Crippen molar-refractivity contribution in [2.45, 2.75) is 25.9 Å². The van der Waals surface area contributed by atoms with Gasteiger partial charge in [0.25, 0.3) is 0 Å². The summed E-state index contributed by atoms with van der Waals surface area (Å²) >= 11 is 0. The third-order valence-electron chi connectivity index (χ3n) is 4.06. The molecular formula is C15H21FN2O2. The second-order valence-electron chi connectivity index (χ2n) is 6.06. The van der Waals surface area contributed by atoms with Gasteiger partial charge in [0.15, 0.2) is 0 Å². The lowest BCUT2D eigenvalue weighted by atomic mass is 9.99. The lowest BCUT2D eigenvalue weighted by Gasteiger charge is -2.45. The van der Waals surface area contributed by atoms with E-state index < -0.39 is 11.8 Å². The van der Waals surface area contributed by atoms with Crippen molar-refractivity contribution in [3.05, 3.63) is 35.1 Å². The summed E-state index contributed by atoms with van der Waals surface area (Å²) in [6, 6.07) is 4.33. The smallest absolute Gasteiger partial charge is 0.338 e. The van der Waals surface area contributed by atoms with Crippen LogP contribution in [-0.2, 0) is 6.54 Å². The van der Waals surface area contributed by atoms with Crippen LogP contribution in [0.5, 0.6) is 0 Å². The average Bonchev–Trinajstić information content (AvgIpc) is 2.35. The molecule has 20 heavy (non-hydrogen) atoms. The van der Waals surface area contributed by atoms with Crippen LogP contribution in [0, 0.1) is 5.82 Å². The predicted molar refractivity (Wildman–Crippen MR) is 75.3 cm³/mol. The Bertz CT molecular complexity index is 517. The summed E-state index contributed by atoms with van der Waals surface area (Å²) in [5, 5.41) is 8.95. The maximum Gasteiger partial charge on any atom is 0.338 e. The Morgan fingerprint density at radius 1 is 1.40 bits per heavy atom. The SMILES string of the molecule is CN1CCN(Cc2ccc(F)c(C(=O)O)c2)CC1(C)C. The molecule has 0 unspecified atom stereocenters. The molecule has 0 bridgehead atoms. The van der Waals surface area contributed by atoms with Gasteiger partial charge in [0.05, 0.1) is 5.56 Å². The monoisotopic (exact) mass is 280 g/mol. The summed E-state index contributed by atoms with van der Waals surface area (Å²) in [5.41, 5.74) is 0.675. The van der Waals surface area contributed by atoms with E-state index in [2.05, 4.69) is 30.7 Å². The summed E-state index contributed by atoms with van der Waals surface area (Å²) in [6.45, 7) is 7.83. The fourth-order valence-corrected chi connectivity index (χ4v) is 2.57. The average molecular weight is 280 g/mol. The Morgan fingerprint density at radius 2 is 2.10 bits per heavy atom. The molecule has 2 rings (SSSR count). The molecular weight excluding hydrogens is 259 g/mol. The molecule has 0 saturated carbocycles. The van der Waals surface area contributed by atoms with Crippen molar-refractivity contribution in [2.75, 3.05) is 26.7 Å². The molecule has 0 radical (unpaired) electrons. The zero-order valence-electron chi connectivity index (χ0n) is 12.2. The van der Waals surface area contributed by atoms with Gasteiger partial charge in [0, 0.05) is 31.7 Å². The molecule has 5 heteroatoms. The molecule has 1 aromatic carbocycles. The van der Waals surface area contributed by atoms with Crippen LogP contribution in [0.15, 0.2) is 18.2 Å². The van der Waals surface area contributed by atoms with E-state index in [0.717, 1.165) is 25.2 Å². The van der Waals surface area contributed by atoms with Crippen molar-refractivity contribution in [2.24, 2.45) is 0 Å². The Labute approximate surface area is 118 Å². The van der Waals surface area contributed by atoms with E-state index in [0.29, 0.717) is 6.54 Å². The van der Waals surface area contributed by atoms with Crippen LogP contribution < -0.4 is 0 Å². The molecule has 1 aliphatic rings. The first-order chi connectivity index (χ1) is 9.29. The van der Waals surface area contributed by atoms with E-state index >= 15 is 0 Å². The minimum atomic E-state index is -1.22. The molecule has 0 aromatic heterocycles. The fourth-order valence-electron chi connectivity index (χ4n) is 2.57. The predicted octanol–water partition coefficient (Wildman–Crippen LogP) is 2.05. The number of carboxylic acid groups (broad SMARTS) is 1. The van der Waals surface area contributed by atoms with Crippen molar-refractivity contribution >= 4 is 5.97 Å². The number of carbonyl (C=O) groups is 1. The van der Waals surface area contributed by atoms with Gasteiger partial charge in [-0.15, -0.1) is 0 Å². The lowest BCUT2D eigenvalue weighted by molar-refractivity contribution is 0.0359. The van der Waals surface area contributed by atoms with E-state index in [1.807, 2.05) is 0 Å². The van der Waals surface area contributed by atoms with Gasteiger partial charge in [-0.05, 0) is 38.6 Å². The molecule has 0 amide bonds. The Balaban J connectivity index is 2.11. The maximum atomic E-state index is 13.4. The third-order valence-corrected chi connectivity index (χ3v) is 4.06. The first kappa shape index (κ1) is 14.9. The number of piperazine rings is 1. The van der Waals surface area contributed by atoms with Crippen molar-refractivity contribution in [1.29, 1.82) is 0 Å². The summed E-state index contributed by atoms with van der Waals surface area (Å²) in [4.78, 5) is 15.5. The van der Waals surface area contributed by atoms with Crippen molar-refractivity contribution in [1.82, 2.24) is 9.80 Å². The first-order valence-electron chi connectivity index (χ1n) is 6.75. The molecule has 1 fully saturated rings. The zero-order valence-corrected chi connectivity index (χ0v) is 12.2. The second kappa shape index (κ2) is 5.50. The molecule has 1 heterocycles. The number of nitrogens with zero attached hydrogens (tertiary/aromatic N) is 2. The van der Waals surface area contributed by atoms with Gasteiger partial charge in [0.2, 0.25) is 0 Å². The van der Waals surface area contributed by atoms with E-state index in [1.165, 1.54) is 12.1 Å². The molecule has 1 saturated heterocycles. The summed E-state index contributed by atoms with van der Waals surface area (Å²) < 4.78 is 13.4. The number of likely N-dealkylation sites (N-methyl/N-ethyl adjacent to an activating group) is 1. The van der Waals surface area contributed by atoms with Crippen LogP contribution >= 0.6 is 0 Å². The highest BCUT2D eigenvalue weighted by Gasteiger charge is 2.30. The second-order valence-corrected chi connectivity index (χ2v) is 6.06. The topological polar surface area (TPSA) is 43.8 Å². The molecule has 0 spiro atoms. The van der Waals surface area contributed by atoms with Gasteiger partial charge in [-0.25, -0.2) is 9.18 Å². The van der Waals surface area contributed by atoms with Crippen molar-refractivity contribution in [3.63, 3.8) is 0 Å². The van der Waals surface area contributed by atoms with E-state index in [4.69, 9.17) is 5.11 Å².